The summed E-state index contributed by atoms with van der Waals surface area (Å²) in [5.41, 5.74) is 6.28. The number of anilines is 2. The van der Waals surface area contributed by atoms with Crippen molar-refractivity contribution >= 4 is 23.2 Å². The molecule has 164 valence electrons. The minimum atomic E-state index is -5.68. The normalized spacial score (nSPS) is 16.6. The number of amides is 1. The van der Waals surface area contributed by atoms with E-state index >= 15 is 0 Å². The molecule has 4 heterocycles. The molecule has 0 saturated carbocycles. The van der Waals surface area contributed by atoms with Gasteiger partial charge in [-0.25, -0.2) is 24.5 Å². The predicted molar refractivity (Wildman–Crippen MR) is 97.3 cm³/mol. The van der Waals surface area contributed by atoms with E-state index in [1.807, 2.05) is 0 Å². The molecule has 0 fully saturated rings. The zero-order valence-electron chi connectivity index (χ0n) is 16.1. The summed E-state index contributed by atoms with van der Waals surface area (Å²) >= 11 is 0. The number of nitrogen functional groups attached to an aromatic ring is 1. The second-order valence-electron chi connectivity index (χ2n) is 7.11. The number of alkyl halides is 5. The molecule has 0 aromatic carbocycles. The molecule has 4 rings (SSSR count). The van der Waals surface area contributed by atoms with Crippen molar-refractivity contribution in [3.05, 3.63) is 23.3 Å². The third kappa shape index (κ3) is 3.51. The number of aromatic nitrogens is 6. The molecule has 3 N–H and O–H groups in total. The van der Waals surface area contributed by atoms with Crippen LogP contribution in [0.1, 0.15) is 36.3 Å². The Morgan fingerprint density at radius 2 is 1.87 bits per heavy atom. The van der Waals surface area contributed by atoms with Crippen LogP contribution in [0.3, 0.4) is 0 Å². The number of fused-ring (bicyclic) bond motifs is 2. The molecule has 0 unspecified atom stereocenters. The highest BCUT2D eigenvalue weighted by atomic mass is 19.4. The van der Waals surface area contributed by atoms with Gasteiger partial charge in [-0.2, -0.15) is 27.1 Å². The summed E-state index contributed by atoms with van der Waals surface area (Å²) in [5.74, 6) is -5.36. The van der Waals surface area contributed by atoms with Gasteiger partial charge in [-0.05, 0) is 20.3 Å². The molecule has 1 amide bonds. The van der Waals surface area contributed by atoms with Gasteiger partial charge in [0.25, 0.3) is 0 Å². The molecule has 0 radical (unpaired) electrons. The van der Waals surface area contributed by atoms with E-state index in [0.717, 1.165) is 0 Å². The topological polar surface area (TPSA) is 124 Å². The lowest BCUT2D eigenvalue weighted by molar-refractivity contribution is -0.284. The fourth-order valence-corrected chi connectivity index (χ4v) is 3.23. The summed E-state index contributed by atoms with van der Waals surface area (Å²) in [6.45, 7) is 3.16. The molecule has 0 saturated heterocycles. The number of carbonyl (C=O) groups excluding carboxylic acids is 1. The Hall–Kier alpha value is -3.45. The van der Waals surface area contributed by atoms with Crippen molar-refractivity contribution in [3.8, 4) is 11.5 Å². The Balaban J connectivity index is 1.78. The molecule has 0 aliphatic carbocycles. The van der Waals surface area contributed by atoms with Crippen molar-refractivity contribution < 1.29 is 26.7 Å². The first-order valence-corrected chi connectivity index (χ1v) is 9.03. The van der Waals surface area contributed by atoms with Crippen molar-refractivity contribution in [2.75, 3.05) is 11.1 Å². The number of nitrogens with zero attached hydrogens (tertiary/aromatic N) is 6. The lowest BCUT2D eigenvalue weighted by Crippen LogP contribution is -2.36. The molecule has 0 spiro atoms. The van der Waals surface area contributed by atoms with Crippen molar-refractivity contribution in [1.29, 1.82) is 0 Å². The van der Waals surface area contributed by atoms with E-state index in [1.54, 1.807) is 6.92 Å². The van der Waals surface area contributed by atoms with Gasteiger partial charge in [-0.3, -0.25) is 4.79 Å². The Morgan fingerprint density at radius 3 is 2.55 bits per heavy atom. The minimum Gasteiger partial charge on any atom is -0.383 e. The number of carbonyl (C=O) groups is 1. The van der Waals surface area contributed by atoms with Crippen molar-refractivity contribution in [2.24, 2.45) is 0 Å². The maximum Gasteiger partial charge on any atom is 0.453 e. The summed E-state index contributed by atoms with van der Waals surface area (Å²) in [6.07, 6.45) is -6.58. The van der Waals surface area contributed by atoms with Crippen LogP contribution in [0.4, 0.5) is 33.6 Å². The van der Waals surface area contributed by atoms with Gasteiger partial charge in [0, 0.05) is 12.0 Å². The first-order valence-electron chi connectivity index (χ1n) is 9.03. The number of rotatable bonds is 4. The molecule has 1 aliphatic rings. The minimum absolute atomic E-state index is 0.0195. The Bertz CT molecular complexity index is 1210. The second kappa shape index (κ2) is 6.78. The monoisotopic (exact) mass is 442 g/mol. The van der Waals surface area contributed by atoms with Gasteiger partial charge in [-0.1, -0.05) is 0 Å². The molecule has 31 heavy (non-hydrogen) atoms. The van der Waals surface area contributed by atoms with Gasteiger partial charge < -0.3 is 11.1 Å². The summed E-state index contributed by atoms with van der Waals surface area (Å²) in [7, 11) is 0. The first kappa shape index (κ1) is 20.8. The van der Waals surface area contributed by atoms with E-state index in [1.165, 1.54) is 17.6 Å². The fraction of sp³-hybridized carbons (Fsp3) is 0.412. The standard InChI is InChI=1S/C17H15F5N8O/c1-6-10-11(23)26-12(27-13(10)28-15(6)31)9-5-30-14(24-7(2)29-30)8(25-9)3-4-16(18,19)17(20,21)22/h5-6H,3-4H2,1-2H3,(H3,23,26,27,28,31)/t6-/m1/s1. The molecule has 1 atom stereocenters. The molecule has 9 nitrogen and oxygen atoms in total. The Morgan fingerprint density at radius 1 is 1.16 bits per heavy atom. The van der Waals surface area contributed by atoms with Crippen LogP contribution < -0.4 is 11.1 Å². The van der Waals surface area contributed by atoms with Crippen molar-refractivity contribution in [2.45, 2.75) is 44.7 Å². The molecule has 0 bridgehead atoms. The van der Waals surface area contributed by atoms with Crippen molar-refractivity contribution in [3.63, 3.8) is 0 Å². The zero-order valence-corrected chi connectivity index (χ0v) is 16.1. The van der Waals surface area contributed by atoms with Gasteiger partial charge >= 0.3 is 12.1 Å². The third-order valence-electron chi connectivity index (χ3n) is 4.86. The molecule has 3 aromatic rings. The smallest absolute Gasteiger partial charge is 0.383 e. The molecule has 1 aliphatic heterocycles. The number of aryl methyl sites for hydroxylation is 2. The van der Waals surface area contributed by atoms with Crippen LogP contribution in [-0.4, -0.2) is 47.6 Å². The average Bonchev–Trinajstić information content (AvgIpc) is 3.17. The van der Waals surface area contributed by atoms with E-state index in [0.29, 0.717) is 5.56 Å². The molecule has 3 aromatic heterocycles. The van der Waals surface area contributed by atoms with Crippen LogP contribution in [-0.2, 0) is 11.2 Å². The van der Waals surface area contributed by atoms with E-state index in [2.05, 4.69) is 30.4 Å². The molecular formula is C17H15F5N8O. The van der Waals surface area contributed by atoms with Crippen LogP contribution in [0.25, 0.3) is 17.2 Å². The lowest BCUT2D eigenvalue weighted by Gasteiger charge is -2.19. The van der Waals surface area contributed by atoms with E-state index in [9.17, 15) is 26.7 Å². The SMILES string of the molecule is Cc1nc2c(CCC(F)(F)C(F)(F)F)nc(-c3nc(N)c4c(n3)NC(=O)[C@@H]4C)cn2n1. The van der Waals surface area contributed by atoms with Crippen LogP contribution >= 0.6 is 0 Å². The van der Waals surface area contributed by atoms with Gasteiger partial charge in [0.2, 0.25) is 5.91 Å². The second-order valence-corrected chi connectivity index (χ2v) is 7.11. The van der Waals surface area contributed by atoms with Gasteiger partial charge in [0.1, 0.15) is 23.2 Å². The number of hydrogen-bond donors (Lipinski definition) is 2. The average molecular weight is 442 g/mol. The number of nitrogens with one attached hydrogen (secondary N) is 1. The van der Waals surface area contributed by atoms with Crippen LogP contribution in [0.2, 0.25) is 0 Å². The van der Waals surface area contributed by atoms with Crippen LogP contribution in [0.15, 0.2) is 6.20 Å². The summed E-state index contributed by atoms with van der Waals surface area (Å²) in [6, 6.07) is 0. The predicted octanol–water partition coefficient (Wildman–Crippen LogP) is 2.66. The zero-order chi connectivity index (χ0) is 22.7. The first-order chi connectivity index (χ1) is 14.4. The highest BCUT2D eigenvalue weighted by molar-refractivity contribution is 6.03. The number of hydrogen-bond acceptors (Lipinski definition) is 7. The van der Waals surface area contributed by atoms with Crippen LogP contribution in [0.5, 0.6) is 0 Å². The number of nitrogens with two attached hydrogens (primary N) is 1. The van der Waals surface area contributed by atoms with Gasteiger partial charge in [0.15, 0.2) is 11.5 Å². The highest BCUT2D eigenvalue weighted by Gasteiger charge is 2.56. The van der Waals surface area contributed by atoms with E-state index in [4.69, 9.17) is 5.73 Å². The third-order valence-corrected chi connectivity index (χ3v) is 4.86. The maximum atomic E-state index is 13.4. The van der Waals surface area contributed by atoms with Gasteiger partial charge in [0.05, 0.1) is 17.8 Å². The largest absolute Gasteiger partial charge is 0.453 e. The fourth-order valence-electron chi connectivity index (χ4n) is 3.23. The quantitative estimate of drug-likeness (QED) is 0.596. The lowest BCUT2D eigenvalue weighted by atomic mass is 10.1. The Kier molecular flexibility index (Phi) is 4.55. The van der Waals surface area contributed by atoms with E-state index < -0.39 is 30.9 Å². The number of halogens is 5. The van der Waals surface area contributed by atoms with Gasteiger partial charge in [-0.15, -0.1) is 0 Å². The summed E-state index contributed by atoms with van der Waals surface area (Å²) in [4.78, 5) is 28.4. The van der Waals surface area contributed by atoms with Crippen LogP contribution in [0, 0.1) is 6.92 Å². The molecular weight excluding hydrogens is 427 g/mol. The Labute approximate surface area is 170 Å². The maximum absolute atomic E-state index is 13.4. The molecule has 14 heteroatoms. The summed E-state index contributed by atoms with van der Waals surface area (Å²) in [5, 5.41) is 6.63. The highest BCUT2D eigenvalue weighted by Crippen LogP contribution is 2.39. The van der Waals surface area contributed by atoms with E-state index in [-0.39, 0.29) is 46.2 Å². The van der Waals surface area contributed by atoms with Crippen molar-refractivity contribution in [1.82, 2.24) is 29.5 Å². The summed E-state index contributed by atoms with van der Waals surface area (Å²) < 4.78 is 65.8.